The topological polar surface area (TPSA) is 50.4 Å². The number of aryl methyl sites for hydroxylation is 1. The minimum atomic E-state index is -0.762. The molecule has 22 heavy (non-hydrogen) atoms. The second kappa shape index (κ2) is 5.02. The Hall–Kier alpha value is -2.55. The molecule has 2 aromatic carbocycles. The van der Waals surface area contributed by atoms with Crippen LogP contribution in [0.3, 0.4) is 0 Å². The smallest absolute Gasteiger partial charge is 0.343 e. The SMILES string of the molecule is [2H]c1c([2H])c([2H])c2c(O)c(C3CCCc4ccccc43)c(=O)oc2c1[2H]. The summed E-state index contributed by atoms with van der Waals surface area (Å²) in [6.07, 6.45) is 2.41. The zero-order valence-electron chi connectivity index (χ0n) is 15.8. The van der Waals surface area contributed by atoms with E-state index in [9.17, 15) is 9.90 Å². The van der Waals surface area contributed by atoms with Gasteiger partial charge in [0.15, 0.2) is 0 Å². The third-order valence-corrected chi connectivity index (χ3v) is 4.28. The van der Waals surface area contributed by atoms with Gasteiger partial charge in [-0.25, -0.2) is 4.79 Å². The summed E-state index contributed by atoms with van der Waals surface area (Å²) in [6, 6.07) is 5.87. The minimum absolute atomic E-state index is 0.0645. The van der Waals surface area contributed by atoms with Crippen molar-refractivity contribution in [3.8, 4) is 5.75 Å². The van der Waals surface area contributed by atoms with Crippen LogP contribution in [0.1, 0.15) is 40.9 Å². The van der Waals surface area contributed by atoms with Gasteiger partial charge in [-0.15, -0.1) is 0 Å². The van der Waals surface area contributed by atoms with Crippen molar-refractivity contribution in [3.05, 3.63) is 75.5 Å². The van der Waals surface area contributed by atoms with E-state index >= 15 is 0 Å². The lowest BCUT2D eigenvalue weighted by Gasteiger charge is -2.25. The van der Waals surface area contributed by atoms with Gasteiger partial charge in [0, 0.05) is 5.92 Å². The molecule has 4 rings (SSSR count). The van der Waals surface area contributed by atoms with Gasteiger partial charge in [0.25, 0.3) is 0 Å². The number of hydrogen-bond acceptors (Lipinski definition) is 3. The van der Waals surface area contributed by atoms with Crippen molar-refractivity contribution in [2.45, 2.75) is 25.2 Å². The molecule has 0 bridgehead atoms. The molecule has 0 saturated carbocycles. The molecule has 0 aliphatic heterocycles. The molecule has 110 valence electrons. The molecule has 1 heterocycles. The summed E-state index contributed by atoms with van der Waals surface area (Å²) in [4.78, 5) is 12.6. The Balaban J connectivity index is 2.06. The van der Waals surface area contributed by atoms with Gasteiger partial charge in [-0.05, 0) is 42.5 Å². The van der Waals surface area contributed by atoms with Crippen molar-refractivity contribution in [1.29, 1.82) is 0 Å². The molecule has 3 heteroatoms. The van der Waals surface area contributed by atoms with Crippen LogP contribution < -0.4 is 5.63 Å². The van der Waals surface area contributed by atoms with E-state index in [-0.39, 0.29) is 22.5 Å². The maximum Gasteiger partial charge on any atom is 0.343 e. The van der Waals surface area contributed by atoms with E-state index in [2.05, 4.69) is 0 Å². The number of benzene rings is 2. The van der Waals surface area contributed by atoms with E-state index in [4.69, 9.17) is 9.90 Å². The van der Waals surface area contributed by atoms with Gasteiger partial charge >= 0.3 is 5.63 Å². The fraction of sp³-hybridized carbons (Fsp3) is 0.211. The first-order valence-corrected chi connectivity index (χ1v) is 7.25. The second-order valence-corrected chi connectivity index (χ2v) is 5.50. The van der Waals surface area contributed by atoms with Crippen molar-refractivity contribution < 1.29 is 15.0 Å². The van der Waals surface area contributed by atoms with Gasteiger partial charge in [0.1, 0.15) is 11.3 Å². The molecular weight excluding hydrogens is 276 g/mol. The number of rotatable bonds is 1. The van der Waals surface area contributed by atoms with E-state index in [1.54, 1.807) is 0 Å². The molecule has 3 aromatic rings. The molecular formula is C19H16O3. The normalized spacial score (nSPS) is 19.9. The second-order valence-electron chi connectivity index (χ2n) is 5.50. The summed E-state index contributed by atoms with van der Waals surface area (Å²) in [5.74, 6) is -0.774. The van der Waals surface area contributed by atoms with Gasteiger partial charge in [-0.2, -0.15) is 0 Å². The largest absolute Gasteiger partial charge is 0.507 e. The van der Waals surface area contributed by atoms with E-state index in [0.29, 0.717) is 6.42 Å². The number of aromatic hydroxyl groups is 1. The maximum atomic E-state index is 12.6. The molecule has 0 spiro atoms. The Labute approximate surface area is 133 Å². The van der Waals surface area contributed by atoms with Crippen LogP contribution in [-0.4, -0.2) is 5.11 Å². The molecule has 1 aliphatic carbocycles. The predicted octanol–water partition coefficient (Wildman–Crippen LogP) is 3.97. The monoisotopic (exact) mass is 296 g/mol. The Kier molecular flexibility index (Phi) is 2.16. The van der Waals surface area contributed by atoms with Crippen LogP contribution in [0.4, 0.5) is 0 Å². The lowest BCUT2D eigenvalue weighted by molar-refractivity contribution is 0.444. The number of para-hydroxylation sites is 1. The van der Waals surface area contributed by atoms with Gasteiger partial charge < -0.3 is 9.52 Å². The van der Waals surface area contributed by atoms with Crippen LogP contribution >= 0.6 is 0 Å². The van der Waals surface area contributed by atoms with Crippen LogP contribution in [0.15, 0.2) is 57.6 Å². The molecule has 0 saturated heterocycles. The van der Waals surface area contributed by atoms with E-state index in [0.717, 1.165) is 24.0 Å². The number of fused-ring (bicyclic) bond motifs is 2. The summed E-state index contributed by atoms with van der Waals surface area (Å²) in [5.41, 5.74) is 1.04. The lowest BCUT2D eigenvalue weighted by atomic mass is 9.79. The minimum Gasteiger partial charge on any atom is -0.507 e. The van der Waals surface area contributed by atoms with Crippen molar-refractivity contribution in [1.82, 2.24) is 0 Å². The van der Waals surface area contributed by atoms with Crippen molar-refractivity contribution in [2.24, 2.45) is 0 Å². The quantitative estimate of drug-likeness (QED) is 0.691. The van der Waals surface area contributed by atoms with E-state index < -0.39 is 35.5 Å². The first-order chi connectivity index (χ1) is 12.4. The average molecular weight is 296 g/mol. The zero-order valence-corrected chi connectivity index (χ0v) is 11.8. The zero-order chi connectivity index (χ0) is 18.6. The van der Waals surface area contributed by atoms with E-state index in [1.165, 1.54) is 0 Å². The van der Waals surface area contributed by atoms with Gasteiger partial charge in [0.05, 0.1) is 16.4 Å². The first-order valence-electron chi connectivity index (χ1n) is 9.25. The maximum absolute atomic E-state index is 12.6. The van der Waals surface area contributed by atoms with Gasteiger partial charge in [0.2, 0.25) is 0 Å². The summed E-state index contributed by atoms with van der Waals surface area (Å²) in [7, 11) is 0. The van der Waals surface area contributed by atoms with Crippen LogP contribution in [0.25, 0.3) is 11.0 Å². The predicted molar refractivity (Wildman–Crippen MR) is 85.4 cm³/mol. The molecule has 1 aromatic heterocycles. The Bertz CT molecular complexity index is 1100. The Morgan fingerprint density at radius 3 is 2.95 bits per heavy atom. The van der Waals surface area contributed by atoms with E-state index in [1.807, 2.05) is 24.3 Å². The van der Waals surface area contributed by atoms with Crippen LogP contribution in [0, 0.1) is 0 Å². The highest BCUT2D eigenvalue weighted by Gasteiger charge is 2.28. The highest BCUT2D eigenvalue weighted by atomic mass is 16.4. The average Bonchev–Trinajstić information content (AvgIpc) is 2.64. The van der Waals surface area contributed by atoms with Gasteiger partial charge in [-0.1, -0.05) is 36.4 Å². The highest BCUT2D eigenvalue weighted by Crippen LogP contribution is 2.40. The molecule has 0 fully saturated rings. The molecule has 1 atom stereocenters. The third-order valence-electron chi connectivity index (χ3n) is 4.28. The summed E-state index contributed by atoms with van der Waals surface area (Å²) in [5, 5.41) is 10.7. The summed E-state index contributed by atoms with van der Waals surface area (Å²) >= 11 is 0. The third kappa shape index (κ3) is 1.93. The van der Waals surface area contributed by atoms with Crippen LogP contribution in [0.2, 0.25) is 0 Å². The molecule has 0 amide bonds. The highest BCUT2D eigenvalue weighted by molar-refractivity contribution is 5.84. The van der Waals surface area contributed by atoms with Crippen LogP contribution in [-0.2, 0) is 6.42 Å². The summed E-state index contributed by atoms with van der Waals surface area (Å²) < 4.78 is 36.8. The Morgan fingerprint density at radius 1 is 1.23 bits per heavy atom. The van der Waals surface area contributed by atoms with Gasteiger partial charge in [-0.3, -0.25) is 0 Å². The van der Waals surface area contributed by atoms with Crippen molar-refractivity contribution in [3.63, 3.8) is 0 Å². The number of hydrogen-bond donors (Lipinski definition) is 1. The standard InChI is InChI=1S/C19H16O3/c20-18-15-9-3-4-11-16(15)22-19(21)17(18)14-10-5-7-12-6-1-2-8-13(12)14/h1-4,6,8-9,11,14,20H,5,7,10H2/i3D,4D,9D,11D. The van der Waals surface area contributed by atoms with Crippen LogP contribution in [0.5, 0.6) is 5.75 Å². The fourth-order valence-corrected chi connectivity index (χ4v) is 3.28. The fourth-order valence-electron chi connectivity index (χ4n) is 3.28. The lowest BCUT2D eigenvalue weighted by Crippen LogP contribution is -2.18. The molecule has 3 nitrogen and oxygen atoms in total. The van der Waals surface area contributed by atoms with Crippen molar-refractivity contribution in [2.75, 3.05) is 0 Å². The molecule has 1 aliphatic rings. The Morgan fingerprint density at radius 2 is 2.05 bits per heavy atom. The molecule has 1 unspecified atom stereocenters. The first kappa shape index (κ1) is 9.46. The molecule has 0 radical (unpaired) electrons. The van der Waals surface area contributed by atoms with Crippen molar-refractivity contribution >= 4 is 11.0 Å². The molecule has 1 N–H and O–H groups in total. The summed E-state index contributed by atoms with van der Waals surface area (Å²) in [6.45, 7) is 0.